The fourth-order valence-corrected chi connectivity index (χ4v) is 5.06. The second kappa shape index (κ2) is 13.8. The highest BCUT2D eigenvalue weighted by Gasteiger charge is 2.44. The summed E-state index contributed by atoms with van der Waals surface area (Å²) in [6.45, 7) is 19.2. The first-order valence-electron chi connectivity index (χ1n) is 13.7. The summed E-state index contributed by atoms with van der Waals surface area (Å²) in [5.74, 6) is 0.557. The summed E-state index contributed by atoms with van der Waals surface area (Å²) in [5.41, 5.74) is 1.65. The van der Waals surface area contributed by atoms with Gasteiger partial charge in [-0.1, -0.05) is 74.5 Å². The van der Waals surface area contributed by atoms with Gasteiger partial charge in [-0.3, -0.25) is 19.4 Å². The molecule has 39 heavy (non-hydrogen) atoms. The van der Waals surface area contributed by atoms with Gasteiger partial charge in [-0.05, 0) is 64.5 Å². The van der Waals surface area contributed by atoms with Gasteiger partial charge in [0.1, 0.15) is 23.3 Å². The quantitative estimate of drug-likeness (QED) is 0.398. The van der Waals surface area contributed by atoms with Crippen LogP contribution >= 0.6 is 12.4 Å². The molecule has 0 saturated carbocycles. The van der Waals surface area contributed by atoms with E-state index in [0.717, 1.165) is 26.2 Å². The zero-order valence-corrected chi connectivity index (χ0v) is 25.7. The molecule has 2 heterocycles. The topological polar surface area (TPSA) is 59.1 Å². The fraction of sp³-hybridized carbons (Fsp3) is 0.562. The Balaban J connectivity index is 0.000000267. The van der Waals surface area contributed by atoms with E-state index in [4.69, 9.17) is 9.47 Å². The summed E-state index contributed by atoms with van der Waals surface area (Å²) in [6.07, 6.45) is 0. The average molecular weight is 559 g/mol. The van der Waals surface area contributed by atoms with Crippen LogP contribution in [0.1, 0.15) is 66.5 Å². The van der Waals surface area contributed by atoms with E-state index in [0.29, 0.717) is 11.8 Å². The molecule has 0 spiro atoms. The lowest BCUT2D eigenvalue weighted by atomic mass is 9.89. The third-order valence-electron chi connectivity index (χ3n) is 6.66. The van der Waals surface area contributed by atoms with Crippen molar-refractivity contribution in [3.63, 3.8) is 0 Å². The monoisotopic (exact) mass is 558 g/mol. The van der Waals surface area contributed by atoms with E-state index >= 15 is 0 Å². The number of halogens is 1. The summed E-state index contributed by atoms with van der Waals surface area (Å²) in [5, 5.41) is 0. The third kappa shape index (κ3) is 9.93. The molecular formula is C32H47ClN2O4. The van der Waals surface area contributed by atoms with E-state index < -0.39 is 11.2 Å². The molecule has 0 bridgehead atoms. The number of ether oxygens (including phenoxy) is 2. The van der Waals surface area contributed by atoms with Gasteiger partial charge in [0.05, 0.1) is 0 Å². The Morgan fingerprint density at radius 3 is 1.23 bits per heavy atom. The Morgan fingerprint density at radius 2 is 0.974 bits per heavy atom. The largest absolute Gasteiger partial charge is 0.459 e. The molecule has 6 nitrogen and oxygen atoms in total. The Morgan fingerprint density at radius 1 is 0.667 bits per heavy atom. The summed E-state index contributed by atoms with van der Waals surface area (Å²) in [7, 11) is 0. The maximum Gasteiger partial charge on any atom is 0.324 e. The number of rotatable bonds is 6. The highest BCUT2D eigenvalue weighted by atomic mass is 35.5. The van der Waals surface area contributed by atoms with Crippen molar-refractivity contribution >= 4 is 24.3 Å². The Kier molecular flexibility index (Phi) is 11.6. The van der Waals surface area contributed by atoms with Crippen molar-refractivity contribution in [3.8, 4) is 0 Å². The number of carbonyl (C=O) groups is 2. The molecule has 2 fully saturated rings. The molecule has 0 aromatic heterocycles. The van der Waals surface area contributed by atoms with Gasteiger partial charge in [0.25, 0.3) is 0 Å². The molecule has 7 heteroatoms. The Hall–Kier alpha value is -2.41. The van der Waals surface area contributed by atoms with Gasteiger partial charge < -0.3 is 9.47 Å². The minimum atomic E-state index is -0.412. The lowest BCUT2D eigenvalue weighted by molar-refractivity contribution is -0.172. The molecule has 0 aliphatic carbocycles. The van der Waals surface area contributed by atoms with E-state index in [1.807, 2.05) is 77.9 Å². The lowest BCUT2D eigenvalue weighted by Gasteiger charge is -2.45. The smallest absolute Gasteiger partial charge is 0.324 e. The molecule has 4 rings (SSSR count). The molecule has 2 aromatic carbocycles. The SMILES string of the molecule is C[C@H]1CN(Cc2ccccc2)C1C(=O)OC(C)(C)C.C[C@H]1CN(Cc2ccccc2)C1C(=O)OC(C)(C)C.Cl. The zero-order chi connectivity index (χ0) is 28.1. The van der Waals surface area contributed by atoms with Crippen molar-refractivity contribution in [2.45, 2.75) is 91.8 Å². The van der Waals surface area contributed by atoms with Crippen LogP contribution in [-0.2, 0) is 32.2 Å². The number of nitrogens with zero attached hydrogens (tertiary/aromatic N) is 2. The predicted octanol–water partition coefficient (Wildman–Crippen LogP) is 6.12. The van der Waals surface area contributed by atoms with Crippen molar-refractivity contribution in [1.82, 2.24) is 9.80 Å². The van der Waals surface area contributed by atoms with Gasteiger partial charge in [0, 0.05) is 26.2 Å². The lowest BCUT2D eigenvalue weighted by Crippen LogP contribution is -2.59. The number of benzene rings is 2. The van der Waals surface area contributed by atoms with Gasteiger partial charge in [0.15, 0.2) is 0 Å². The Bertz CT molecular complexity index is 964. The molecule has 0 radical (unpaired) electrons. The van der Waals surface area contributed by atoms with E-state index in [1.54, 1.807) is 0 Å². The van der Waals surface area contributed by atoms with E-state index in [9.17, 15) is 9.59 Å². The minimum Gasteiger partial charge on any atom is -0.459 e. The normalized spacial score (nSPS) is 23.2. The van der Waals surface area contributed by atoms with E-state index in [1.165, 1.54) is 11.1 Å². The zero-order valence-electron chi connectivity index (χ0n) is 24.8. The molecule has 0 amide bonds. The molecule has 216 valence electrons. The van der Waals surface area contributed by atoms with Crippen LogP contribution in [0.5, 0.6) is 0 Å². The first kappa shape index (κ1) is 32.8. The molecule has 2 unspecified atom stereocenters. The van der Waals surface area contributed by atoms with Crippen LogP contribution in [0.15, 0.2) is 60.7 Å². The van der Waals surface area contributed by atoms with Crippen LogP contribution in [0.4, 0.5) is 0 Å². The van der Waals surface area contributed by atoms with Crippen molar-refractivity contribution in [1.29, 1.82) is 0 Å². The van der Waals surface area contributed by atoms with Crippen LogP contribution in [-0.4, -0.2) is 58.1 Å². The number of likely N-dealkylation sites (tertiary alicyclic amines) is 2. The maximum atomic E-state index is 12.2. The summed E-state index contributed by atoms with van der Waals surface area (Å²) >= 11 is 0. The summed E-state index contributed by atoms with van der Waals surface area (Å²) < 4.78 is 11.0. The van der Waals surface area contributed by atoms with Crippen LogP contribution in [0.3, 0.4) is 0 Å². The summed E-state index contributed by atoms with van der Waals surface area (Å²) in [4.78, 5) is 28.8. The van der Waals surface area contributed by atoms with Crippen molar-refractivity contribution in [2.24, 2.45) is 11.8 Å². The van der Waals surface area contributed by atoms with Gasteiger partial charge in [-0.25, -0.2) is 0 Å². The first-order valence-corrected chi connectivity index (χ1v) is 13.7. The molecule has 2 saturated heterocycles. The molecule has 2 aromatic rings. The molecule has 2 aliphatic rings. The fourth-order valence-electron chi connectivity index (χ4n) is 5.06. The maximum absolute atomic E-state index is 12.2. The highest BCUT2D eigenvalue weighted by Crippen LogP contribution is 2.30. The number of esters is 2. The van der Waals surface area contributed by atoms with E-state index in [-0.39, 0.29) is 36.4 Å². The summed E-state index contributed by atoms with van der Waals surface area (Å²) in [6, 6.07) is 20.3. The number of hydrogen-bond donors (Lipinski definition) is 0. The standard InChI is InChI=1S/2C16H23NO2.ClH/c2*1-12-10-17(11-13-8-6-5-7-9-13)14(12)15(18)19-16(2,3)4;/h2*5-9,12,14H,10-11H2,1-4H3;1H/t2*12-,14?;/m00./s1. The molecule has 4 atom stereocenters. The van der Waals surface area contributed by atoms with Crippen molar-refractivity contribution in [2.75, 3.05) is 13.1 Å². The van der Waals surface area contributed by atoms with Crippen LogP contribution in [0, 0.1) is 11.8 Å². The average Bonchev–Trinajstić information content (AvgIpc) is 2.77. The van der Waals surface area contributed by atoms with Gasteiger partial charge in [0.2, 0.25) is 0 Å². The Labute approximate surface area is 241 Å². The van der Waals surface area contributed by atoms with Gasteiger partial charge in [-0.15, -0.1) is 12.4 Å². The van der Waals surface area contributed by atoms with Crippen LogP contribution in [0.25, 0.3) is 0 Å². The predicted molar refractivity (Wildman–Crippen MR) is 159 cm³/mol. The van der Waals surface area contributed by atoms with Crippen LogP contribution < -0.4 is 0 Å². The first-order chi connectivity index (χ1) is 17.7. The van der Waals surface area contributed by atoms with E-state index in [2.05, 4.69) is 47.9 Å². The molecule has 2 aliphatic heterocycles. The highest BCUT2D eigenvalue weighted by molar-refractivity contribution is 5.85. The second-order valence-electron chi connectivity index (χ2n) is 12.7. The molecular weight excluding hydrogens is 512 g/mol. The second-order valence-corrected chi connectivity index (χ2v) is 12.7. The van der Waals surface area contributed by atoms with Gasteiger partial charge >= 0.3 is 11.9 Å². The van der Waals surface area contributed by atoms with Crippen molar-refractivity contribution < 1.29 is 19.1 Å². The molecule has 0 N–H and O–H groups in total. The van der Waals surface area contributed by atoms with Crippen molar-refractivity contribution in [3.05, 3.63) is 71.8 Å². The number of carbonyl (C=O) groups excluding carboxylic acids is 2. The minimum absolute atomic E-state index is 0. The van der Waals surface area contributed by atoms with Crippen LogP contribution in [0.2, 0.25) is 0 Å². The number of hydrogen-bond acceptors (Lipinski definition) is 6. The third-order valence-corrected chi connectivity index (χ3v) is 6.66. The van der Waals surface area contributed by atoms with Gasteiger partial charge in [-0.2, -0.15) is 0 Å².